The topological polar surface area (TPSA) is 408 Å². The van der Waals surface area contributed by atoms with E-state index < -0.39 is 96.6 Å². The number of carbonyl (C=O) groups excluding carboxylic acids is 8. The molecule has 2 heterocycles. The van der Waals surface area contributed by atoms with Crippen molar-refractivity contribution in [2.24, 2.45) is 39.6 Å². The number of amides is 8. The maximum absolute atomic E-state index is 14.6. The normalized spacial score (nSPS) is 13.6. The van der Waals surface area contributed by atoms with Gasteiger partial charge in [0.1, 0.15) is 30.2 Å². The standard InChI is InChI=1S/C51H70N16O8/c1-29(2)44(45(54)70)67-43(69)27-60-47(72)38(17-7-8-19-52)63-42(68)26-61-48(73)40(22-32-24-59-37-16-6-5-15-35(32)37)66-49(74)39(18-10-20-58-51(55)56)64-50(75)41(65-46(71)36(53)23-33-25-57-28-62-33)21-31-13-9-12-30-11-3-4-14-34(30)31/h3-6,9,11-16,24-25,28-29,36,38-41,44,59H,7-8,10,17-23,26-27,52-53H2,1-2H3,(H2,54,70)(H,57,62)(H,60,72)(H,61,73)(H,63,68)(H,64,75)(H,65,71)(H,66,74)(H,67,69)(H4,55,56,58)/t36-,38-,39-,40-,41+,44-/m0/s1. The van der Waals surface area contributed by atoms with E-state index in [1.165, 1.54) is 12.5 Å². The zero-order valence-corrected chi connectivity index (χ0v) is 42.2. The van der Waals surface area contributed by atoms with Crippen LogP contribution in [0.1, 0.15) is 62.8 Å². The van der Waals surface area contributed by atoms with E-state index in [0.717, 1.165) is 27.2 Å². The minimum atomic E-state index is -1.34. The number of nitrogens with zero attached hydrogens (tertiary/aromatic N) is 2. The smallest absolute Gasteiger partial charge is 0.243 e. The first-order chi connectivity index (χ1) is 35.9. The number of aliphatic imine (C=N–C) groups is 1. The number of hydrogen-bond donors (Lipinski definition) is 14. The second-order valence-electron chi connectivity index (χ2n) is 18.5. The summed E-state index contributed by atoms with van der Waals surface area (Å²) in [5, 5.41) is 21.0. The van der Waals surface area contributed by atoms with Gasteiger partial charge in [0.2, 0.25) is 47.3 Å². The number of para-hydroxylation sites is 1. The molecule has 0 unspecified atom stereocenters. The van der Waals surface area contributed by atoms with E-state index in [1.54, 1.807) is 20.0 Å². The molecule has 0 saturated heterocycles. The fourth-order valence-electron chi connectivity index (χ4n) is 8.33. The Hall–Kier alpha value is -8.38. The summed E-state index contributed by atoms with van der Waals surface area (Å²) in [4.78, 5) is 122. The van der Waals surface area contributed by atoms with E-state index in [9.17, 15) is 38.4 Å². The number of carbonyl (C=O) groups is 8. The largest absolute Gasteiger partial charge is 0.370 e. The van der Waals surface area contributed by atoms with Crippen molar-refractivity contribution in [1.29, 1.82) is 0 Å². The van der Waals surface area contributed by atoms with Crippen LogP contribution in [0, 0.1) is 5.92 Å². The molecule has 0 radical (unpaired) electrons. The number of aromatic amines is 2. The molecule has 5 rings (SSSR count). The summed E-state index contributed by atoms with van der Waals surface area (Å²) in [5.41, 5.74) is 31.3. The summed E-state index contributed by atoms with van der Waals surface area (Å²) < 4.78 is 0. The van der Waals surface area contributed by atoms with Crippen molar-refractivity contribution in [3.05, 3.63) is 102 Å². The van der Waals surface area contributed by atoms with Crippen molar-refractivity contribution in [1.82, 2.24) is 52.2 Å². The molecule has 6 atom stereocenters. The number of guanidine groups is 1. The zero-order valence-electron chi connectivity index (χ0n) is 42.2. The van der Waals surface area contributed by atoms with E-state index >= 15 is 0 Å². The van der Waals surface area contributed by atoms with Crippen molar-refractivity contribution in [2.75, 3.05) is 26.2 Å². The molecule has 0 saturated carbocycles. The van der Waals surface area contributed by atoms with Crippen molar-refractivity contribution in [3.8, 4) is 0 Å². The quantitative estimate of drug-likeness (QED) is 0.0140. The van der Waals surface area contributed by atoms with Gasteiger partial charge in [0, 0.05) is 54.8 Å². The van der Waals surface area contributed by atoms with Crippen LogP contribution in [0.25, 0.3) is 21.7 Å². The molecule has 5 aromatic rings. The van der Waals surface area contributed by atoms with Gasteiger partial charge in [-0.1, -0.05) is 74.5 Å². The molecule has 2 aromatic heterocycles. The SMILES string of the molecule is CC(C)[C@H](NC(=O)CNC(=O)[C@H](CCCCN)NC(=O)CNC(=O)[C@H](Cc1c[nH]c2ccccc12)NC(=O)[C@H](CCCN=C(N)N)NC(=O)[C@@H](Cc1cccc2ccccc12)NC(=O)[C@@H](N)Cc1cnc[nH]1)C(N)=O. The average molecular weight is 1040 g/mol. The maximum Gasteiger partial charge on any atom is 0.243 e. The average Bonchev–Trinajstić information content (AvgIpc) is 4.06. The van der Waals surface area contributed by atoms with Crippen LogP contribution in [0.2, 0.25) is 0 Å². The van der Waals surface area contributed by atoms with Crippen molar-refractivity contribution in [3.63, 3.8) is 0 Å². The third-order valence-corrected chi connectivity index (χ3v) is 12.3. The molecule has 24 nitrogen and oxygen atoms in total. The van der Waals surface area contributed by atoms with Gasteiger partial charge in [-0.3, -0.25) is 43.3 Å². The van der Waals surface area contributed by atoms with E-state index in [4.69, 9.17) is 28.7 Å². The number of hydrogen-bond acceptors (Lipinski definition) is 12. The molecule has 8 amide bonds. The number of imidazole rings is 1. The Balaban J connectivity index is 1.36. The first kappa shape index (κ1) is 57.5. The Morgan fingerprint density at radius 1 is 0.613 bits per heavy atom. The van der Waals surface area contributed by atoms with Gasteiger partial charge in [0.25, 0.3) is 0 Å². The summed E-state index contributed by atoms with van der Waals surface area (Å²) in [7, 11) is 0. The number of fused-ring (bicyclic) bond motifs is 2. The molecule has 75 heavy (non-hydrogen) atoms. The van der Waals surface area contributed by atoms with Gasteiger partial charge < -0.3 is 75.9 Å². The van der Waals surface area contributed by atoms with Crippen molar-refractivity contribution < 1.29 is 38.4 Å². The van der Waals surface area contributed by atoms with Gasteiger partial charge in [-0.25, -0.2) is 4.98 Å². The summed E-state index contributed by atoms with van der Waals surface area (Å²) in [6, 6.07) is 13.4. The van der Waals surface area contributed by atoms with Crippen LogP contribution >= 0.6 is 0 Å². The Morgan fingerprint density at radius 3 is 1.88 bits per heavy atom. The van der Waals surface area contributed by atoms with E-state index in [0.29, 0.717) is 30.6 Å². The number of nitrogens with one attached hydrogen (secondary N) is 9. The van der Waals surface area contributed by atoms with Crippen LogP contribution in [0.3, 0.4) is 0 Å². The number of rotatable bonds is 30. The van der Waals surface area contributed by atoms with Crippen molar-refractivity contribution >= 4 is 74.9 Å². The van der Waals surface area contributed by atoms with Gasteiger partial charge in [-0.05, 0) is 72.5 Å². The summed E-state index contributed by atoms with van der Waals surface area (Å²) in [6.07, 6.45) is 5.98. The molecular formula is C51H70N16O8. The number of H-pyrrole nitrogens is 2. The second-order valence-corrected chi connectivity index (χ2v) is 18.5. The number of unbranched alkanes of at least 4 members (excludes halogenated alkanes) is 1. The highest BCUT2D eigenvalue weighted by molar-refractivity contribution is 5.97. The third kappa shape index (κ3) is 18.0. The van der Waals surface area contributed by atoms with Gasteiger partial charge in [0.05, 0.1) is 25.5 Å². The molecule has 0 fully saturated rings. The highest BCUT2D eigenvalue weighted by atomic mass is 16.2. The predicted molar refractivity (Wildman–Crippen MR) is 282 cm³/mol. The Kier molecular flexibility index (Phi) is 22.1. The minimum Gasteiger partial charge on any atom is -0.370 e. The van der Waals surface area contributed by atoms with Gasteiger partial charge in [-0.15, -0.1) is 0 Å². The molecule has 19 N–H and O–H groups in total. The molecule has 0 aliphatic carbocycles. The number of aromatic nitrogens is 3. The highest BCUT2D eigenvalue weighted by Gasteiger charge is 2.32. The number of nitrogens with two attached hydrogens (primary N) is 5. The lowest BCUT2D eigenvalue weighted by Gasteiger charge is -2.26. The molecule has 3 aromatic carbocycles. The van der Waals surface area contributed by atoms with Crippen LogP contribution in [0.4, 0.5) is 0 Å². The van der Waals surface area contributed by atoms with E-state index in [2.05, 4.69) is 57.2 Å². The maximum atomic E-state index is 14.6. The summed E-state index contributed by atoms with van der Waals surface area (Å²) in [5.74, 6) is -6.29. The molecule has 24 heteroatoms. The van der Waals surface area contributed by atoms with Crippen molar-refractivity contribution in [2.45, 2.75) is 101 Å². The van der Waals surface area contributed by atoms with Crippen LogP contribution in [-0.2, 0) is 57.6 Å². The second kappa shape index (κ2) is 28.8. The summed E-state index contributed by atoms with van der Waals surface area (Å²) >= 11 is 0. The lowest BCUT2D eigenvalue weighted by molar-refractivity contribution is -0.134. The predicted octanol–water partition coefficient (Wildman–Crippen LogP) is -1.62. The Bertz CT molecular complexity index is 2770. The highest BCUT2D eigenvalue weighted by Crippen LogP contribution is 2.22. The fourth-order valence-corrected chi connectivity index (χ4v) is 8.33. The minimum absolute atomic E-state index is 0.00620. The van der Waals surface area contributed by atoms with E-state index in [1.807, 2.05) is 66.7 Å². The van der Waals surface area contributed by atoms with Gasteiger partial charge in [0.15, 0.2) is 5.96 Å². The lowest BCUT2D eigenvalue weighted by Crippen LogP contribution is -2.59. The third-order valence-electron chi connectivity index (χ3n) is 12.3. The van der Waals surface area contributed by atoms with Crippen LogP contribution < -0.4 is 65.9 Å². The molecule has 0 aliphatic rings. The molecular weight excluding hydrogens is 965 g/mol. The number of benzene rings is 3. The van der Waals surface area contributed by atoms with Crippen LogP contribution in [0.5, 0.6) is 0 Å². The number of primary amides is 1. The lowest BCUT2D eigenvalue weighted by atomic mass is 9.97. The Labute approximate surface area is 433 Å². The monoisotopic (exact) mass is 1030 g/mol. The van der Waals surface area contributed by atoms with Crippen LogP contribution in [-0.4, -0.2) is 131 Å². The molecule has 0 aliphatic heterocycles. The van der Waals surface area contributed by atoms with E-state index in [-0.39, 0.29) is 56.9 Å². The first-order valence-corrected chi connectivity index (χ1v) is 24.8. The van der Waals surface area contributed by atoms with Crippen LogP contribution in [0.15, 0.2) is 90.4 Å². The molecule has 402 valence electrons. The first-order valence-electron chi connectivity index (χ1n) is 24.8. The van der Waals surface area contributed by atoms with Gasteiger partial charge in [-0.2, -0.15) is 0 Å². The fraction of sp³-hybridized carbons (Fsp3) is 0.412. The molecule has 0 bridgehead atoms. The zero-order chi connectivity index (χ0) is 54.4. The van der Waals surface area contributed by atoms with Gasteiger partial charge >= 0.3 is 0 Å². The molecule has 0 spiro atoms. The Morgan fingerprint density at radius 2 is 1.20 bits per heavy atom. The summed E-state index contributed by atoms with van der Waals surface area (Å²) in [6.45, 7) is 2.65.